The fourth-order valence-corrected chi connectivity index (χ4v) is 3.54. The molecule has 162 valence electrons. The smallest absolute Gasteiger partial charge is 0.336 e. The Morgan fingerprint density at radius 1 is 0.871 bits per heavy atom. The molecule has 0 fully saturated rings. The SMILES string of the molecule is COCCN(CCOC)c1ccc(N)c(-c2cccc(-c3ccccc3C(=O)O)c2)c1. The first-order valence-electron chi connectivity index (χ1n) is 10.1. The Labute approximate surface area is 182 Å². The zero-order valence-corrected chi connectivity index (χ0v) is 17.9. The number of methoxy groups -OCH3 is 2. The highest BCUT2D eigenvalue weighted by Gasteiger charge is 2.14. The van der Waals surface area contributed by atoms with Crippen LogP contribution in [0.2, 0.25) is 0 Å². The number of hydrogen-bond donors (Lipinski definition) is 2. The highest BCUT2D eigenvalue weighted by molar-refractivity contribution is 5.96. The van der Waals surface area contributed by atoms with Crippen LogP contribution in [0.4, 0.5) is 11.4 Å². The van der Waals surface area contributed by atoms with E-state index >= 15 is 0 Å². The van der Waals surface area contributed by atoms with Crippen LogP contribution in [-0.4, -0.2) is 51.6 Å². The fraction of sp³-hybridized carbons (Fsp3) is 0.240. The molecule has 0 unspecified atom stereocenters. The number of nitrogens with two attached hydrogens (primary N) is 1. The summed E-state index contributed by atoms with van der Waals surface area (Å²) in [6, 6.07) is 20.7. The molecular weight excluding hydrogens is 392 g/mol. The van der Waals surface area contributed by atoms with Crippen molar-refractivity contribution >= 4 is 17.3 Å². The van der Waals surface area contributed by atoms with Crippen LogP contribution in [0.1, 0.15) is 10.4 Å². The van der Waals surface area contributed by atoms with Gasteiger partial charge in [0.15, 0.2) is 0 Å². The number of ether oxygens (including phenoxy) is 2. The minimum absolute atomic E-state index is 0.270. The van der Waals surface area contributed by atoms with E-state index in [4.69, 9.17) is 15.2 Å². The molecule has 0 atom stereocenters. The van der Waals surface area contributed by atoms with Crippen LogP contribution in [0.15, 0.2) is 66.7 Å². The Balaban J connectivity index is 2.01. The molecule has 31 heavy (non-hydrogen) atoms. The number of nitrogen functional groups attached to an aromatic ring is 1. The zero-order chi connectivity index (χ0) is 22.2. The van der Waals surface area contributed by atoms with Gasteiger partial charge in [-0.3, -0.25) is 0 Å². The van der Waals surface area contributed by atoms with Gasteiger partial charge < -0.3 is 25.2 Å². The summed E-state index contributed by atoms with van der Waals surface area (Å²) in [6.45, 7) is 2.67. The molecule has 3 rings (SSSR count). The Bertz CT molecular complexity index is 1030. The van der Waals surface area contributed by atoms with Gasteiger partial charge in [-0.05, 0) is 47.0 Å². The van der Waals surface area contributed by atoms with Crippen LogP contribution in [-0.2, 0) is 9.47 Å². The molecule has 0 aliphatic carbocycles. The standard InChI is InChI=1S/C25H28N2O4/c1-30-14-12-27(13-15-31-2)20-10-11-24(26)23(17-20)19-7-5-6-18(16-19)21-8-3-4-9-22(21)25(28)29/h3-11,16-17H,12-15,26H2,1-2H3,(H,28,29). The second-order valence-electron chi connectivity index (χ2n) is 7.18. The highest BCUT2D eigenvalue weighted by atomic mass is 16.5. The molecule has 0 heterocycles. The largest absolute Gasteiger partial charge is 0.478 e. The van der Waals surface area contributed by atoms with Gasteiger partial charge in [-0.2, -0.15) is 0 Å². The van der Waals surface area contributed by atoms with Crippen molar-refractivity contribution in [2.75, 3.05) is 51.2 Å². The van der Waals surface area contributed by atoms with E-state index < -0.39 is 5.97 Å². The molecule has 0 bridgehead atoms. The van der Waals surface area contributed by atoms with Gasteiger partial charge in [0, 0.05) is 44.2 Å². The average Bonchev–Trinajstić information content (AvgIpc) is 2.80. The summed E-state index contributed by atoms with van der Waals surface area (Å²) < 4.78 is 10.5. The summed E-state index contributed by atoms with van der Waals surface area (Å²) >= 11 is 0. The Morgan fingerprint density at radius 3 is 2.16 bits per heavy atom. The number of carboxylic acids is 1. The average molecular weight is 421 g/mol. The van der Waals surface area contributed by atoms with Crippen molar-refractivity contribution in [3.05, 3.63) is 72.3 Å². The summed E-state index contributed by atoms with van der Waals surface area (Å²) in [5.41, 5.74) is 11.6. The quantitative estimate of drug-likeness (QED) is 0.473. The topological polar surface area (TPSA) is 85.0 Å². The minimum atomic E-state index is -0.950. The summed E-state index contributed by atoms with van der Waals surface area (Å²) in [7, 11) is 3.37. The normalized spacial score (nSPS) is 10.8. The molecule has 3 N–H and O–H groups in total. The van der Waals surface area contributed by atoms with Gasteiger partial charge in [0.05, 0.1) is 18.8 Å². The van der Waals surface area contributed by atoms with Crippen LogP contribution in [0, 0.1) is 0 Å². The lowest BCUT2D eigenvalue weighted by Crippen LogP contribution is -2.30. The van der Waals surface area contributed by atoms with Gasteiger partial charge in [-0.15, -0.1) is 0 Å². The maximum absolute atomic E-state index is 11.7. The van der Waals surface area contributed by atoms with Crippen LogP contribution in [0.5, 0.6) is 0 Å². The monoisotopic (exact) mass is 420 g/mol. The highest BCUT2D eigenvalue weighted by Crippen LogP contribution is 2.34. The summed E-state index contributed by atoms with van der Waals surface area (Å²) in [5.74, 6) is -0.950. The van der Waals surface area contributed by atoms with Crippen molar-refractivity contribution in [3.8, 4) is 22.3 Å². The van der Waals surface area contributed by atoms with E-state index in [1.165, 1.54) is 0 Å². The molecule has 0 saturated heterocycles. The van der Waals surface area contributed by atoms with Crippen molar-refractivity contribution in [3.63, 3.8) is 0 Å². The molecule has 0 radical (unpaired) electrons. The first kappa shape index (κ1) is 22.3. The third-order valence-corrected chi connectivity index (χ3v) is 5.17. The van der Waals surface area contributed by atoms with E-state index in [9.17, 15) is 9.90 Å². The van der Waals surface area contributed by atoms with E-state index in [0.717, 1.165) is 35.5 Å². The number of nitrogens with zero attached hydrogens (tertiary/aromatic N) is 1. The number of hydrogen-bond acceptors (Lipinski definition) is 5. The lowest BCUT2D eigenvalue weighted by molar-refractivity contribution is 0.0697. The van der Waals surface area contributed by atoms with Gasteiger partial charge in [-0.1, -0.05) is 36.4 Å². The van der Waals surface area contributed by atoms with Crippen LogP contribution in [0.25, 0.3) is 22.3 Å². The third kappa shape index (κ3) is 5.42. The van der Waals surface area contributed by atoms with E-state index in [1.54, 1.807) is 26.4 Å². The molecule has 0 amide bonds. The first-order valence-corrected chi connectivity index (χ1v) is 10.1. The molecular formula is C25H28N2O4. The summed E-state index contributed by atoms with van der Waals surface area (Å²) in [6.07, 6.45) is 0. The van der Waals surface area contributed by atoms with E-state index in [0.29, 0.717) is 24.5 Å². The predicted octanol–water partition coefficient (Wildman–Crippen LogP) is 4.40. The molecule has 3 aromatic carbocycles. The number of aromatic carboxylic acids is 1. The van der Waals surface area contributed by atoms with Gasteiger partial charge in [0.25, 0.3) is 0 Å². The van der Waals surface area contributed by atoms with Crippen molar-refractivity contribution < 1.29 is 19.4 Å². The molecule has 0 aliphatic heterocycles. The Hall–Kier alpha value is -3.35. The maximum Gasteiger partial charge on any atom is 0.336 e. The second-order valence-corrected chi connectivity index (χ2v) is 7.18. The lowest BCUT2D eigenvalue weighted by atomic mass is 9.95. The van der Waals surface area contributed by atoms with Crippen molar-refractivity contribution in [2.24, 2.45) is 0 Å². The Kier molecular flexibility index (Phi) is 7.65. The van der Waals surface area contributed by atoms with Crippen molar-refractivity contribution in [2.45, 2.75) is 0 Å². The second kappa shape index (κ2) is 10.6. The van der Waals surface area contributed by atoms with E-state index in [2.05, 4.69) is 11.0 Å². The number of carbonyl (C=O) groups is 1. The summed E-state index contributed by atoms with van der Waals surface area (Å²) in [5, 5.41) is 9.55. The predicted molar refractivity (Wildman–Crippen MR) is 125 cm³/mol. The van der Waals surface area contributed by atoms with Crippen LogP contribution >= 0.6 is 0 Å². The number of carboxylic acid groups (broad SMARTS) is 1. The fourth-order valence-electron chi connectivity index (χ4n) is 3.54. The molecule has 6 heteroatoms. The number of benzene rings is 3. The van der Waals surface area contributed by atoms with Gasteiger partial charge in [-0.25, -0.2) is 4.79 Å². The van der Waals surface area contributed by atoms with Crippen molar-refractivity contribution in [1.29, 1.82) is 0 Å². The molecule has 6 nitrogen and oxygen atoms in total. The minimum Gasteiger partial charge on any atom is -0.478 e. The summed E-state index contributed by atoms with van der Waals surface area (Å²) in [4.78, 5) is 13.8. The zero-order valence-electron chi connectivity index (χ0n) is 17.9. The molecule has 0 aromatic heterocycles. The molecule has 0 aliphatic rings. The lowest BCUT2D eigenvalue weighted by Gasteiger charge is -2.25. The third-order valence-electron chi connectivity index (χ3n) is 5.17. The van der Waals surface area contributed by atoms with Gasteiger partial charge in [0.1, 0.15) is 0 Å². The van der Waals surface area contributed by atoms with Gasteiger partial charge >= 0.3 is 5.97 Å². The van der Waals surface area contributed by atoms with Crippen molar-refractivity contribution in [1.82, 2.24) is 0 Å². The maximum atomic E-state index is 11.7. The van der Waals surface area contributed by atoms with E-state index in [-0.39, 0.29) is 5.56 Å². The molecule has 0 spiro atoms. The van der Waals surface area contributed by atoms with Crippen LogP contribution in [0.3, 0.4) is 0 Å². The van der Waals surface area contributed by atoms with Gasteiger partial charge in [0.2, 0.25) is 0 Å². The van der Waals surface area contributed by atoms with E-state index in [1.807, 2.05) is 48.5 Å². The first-order chi connectivity index (χ1) is 15.0. The number of rotatable bonds is 10. The number of anilines is 2. The molecule has 3 aromatic rings. The van der Waals surface area contributed by atoms with Crippen LogP contribution < -0.4 is 10.6 Å². The Morgan fingerprint density at radius 2 is 1.52 bits per heavy atom. The molecule has 0 saturated carbocycles.